The maximum Gasteiger partial charge on any atom is 0.230 e. The van der Waals surface area contributed by atoms with Gasteiger partial charge in [0, 0.05) is 6.04 Å². The summed E-state index contributed by atoms with van der Waals surface area (Å²) in [7, 11) is 0. The number of benzene rings is 1. The van der Waals surface area contributed by atoms with Crippen LogP contribution in [0.25, 0.3) is 11.4 Å². The van der Waals surface area contributed by atoms with Crippen molar-refractivity contribution in [1.82, 2.24) is 20.2 Å². The van der Waals surface area contributed by atoms with Gasteiger partial charge in [0.15, 0.2) is 5.82 Å². The number of hydrogen-bond donors (Lipinski definition) is 2. The lowest BCUT2D eigenvalue weighted by molar-refractivity contribution is -0.119. The molecular formula is C15H18FN5OS. The molecule has 0 aliphatic heterocycles. The largest absolute Gasteiger partial charge is 0.353 e. The van der Waals surface area contributed by atoms with Crippen molar-refractivity contribution in [2.75, 3.05) is 11.6 Å². The molecule has 1 aliphatic rings. The average Bonchev–Trinajstić information content (AvgIpc) is 3.31. The predicted molar refractivity (Wildman–Crippen MR) is 86.6 cm³/mol. The second kappa shape index (κ2) is 6.57. The van der Waals surface area contributed by atoms with Crippen LogP contribution in [0.4, 0.5) is 4.39 Å². The normalized spacial score (nSPS) is 15.4. The molecule has 122 valence electrons. The number of rotatable bonds is 6. The van der Waals surface area contributed by atoms with Crippen LogP contribution in [-0.2, 0) is 4.79 Å². The summed E-state index contributed by atoms with van der Waals surface area (Å²) in [5.74, 6) is 6.48. The summed E-state index contributed by atoms with van der Waals surface area (Å²) in [5, 5.41) is 11.2. The third-order valence-electron chi connectivity index (χ3n) is 3.83. The Hall–Kier alpha value is -2.09. The third-order valence-corrected chi connectivity index (χ3v) is 4.77. The lowest BCUT2D eigenvalue weighted by Gasteiger charge is -2.12. The van der Waals surface area contributed by atoms with Gasteiger partial charge in [0.2, 0.25) is 11.1 Å². The number of nitrogen functional groups attached to an aromatic ring is 1. The smallest absolute Gasteiger partial charge is 0.230 e. The first-order valence-electron chi connectivity index (χ1n) is 7.44. The fourth-order valence-electron chi connectivity index (χ4n) is 2.34. The second-order valence-corrected chi connectivity index (χ2v) is 6.58. The summed E-state index contributed by atoms with van der Waals surface area (Å²) in [6, 6.07) is 6.42. The Balaban J connectivity index is 1.63. The van der Waals surface area contributed by atoms with Crippen LogP contribution in [0.1, 0.15) is 19.8 Å². The van der Waals surface area contributed by atoms with E-state index in [1.54, 1.807) is 18.2 Å². The summed E-state index contributed by atoms with van der Waals surface area (Å²) < 4.78 is 15.0. The van der Waals surface area contributed by atoms with E-state index in [1.165, 1.54) is 35.3 Å². The summed E-state index contributed by atoms with van der Waals surface area (Å²) in [5.41, 5.74) is 0.279. The molecule has 0 radical (unpaired) electrons. The van der Waals surface area contributed by atoms with Crippen molar-refractivity contribution in [3.63, 3.8) is 0 Å². The van der Waals surface area contributed by atoms with Crippen molar-refractivity contribution in [2.45, 2.75) is 31.0 Å². The molecule has 1 aromatic carbocycles. The molecule has 1 saturated carbocycles. The van der Waals surface area contributed by atoms with Gasteiger partial charge in [-0.1, -0.05) is 23.9 Å². The topological polar surface area (TPSA) is 85.8 Å². The van der Waals surface area contributed by atoms with Crippen molar-refractivity contribution in [2.24, 2.45) is 5.92 Å². The van der Waals surface area contributed by atoms with Gasteiger partial charge in [-0.15, -0.1) is 10.2 Å². The van der Waals surface area contributed by atoms with E-state index >= 15 is 0 Å². The number of nitrogens with one attached hydrogen (secondary N) is 1. The third kappa shape index (κ3) is 3.64. The van der Waals surface area contributed by atoms with Crippen LogP contribution >= 0.6 is 11.8 Å². The van der Waals surface area contributed by atoms with E-state index in [9.17, 15) is 9.18 Å². The summed E-state index contributed by atoms with van der Waals surface area (Å²) in [6.45, 7) is 2.02. The lowest BCUT2D eigenvalue weighted by Crippen LogP contribution is -2.35. The molecule has 1 heterocycles. The van der Waals surface area contributed by atoms with E-state index in [2.05, 4.69) is 15.5 Å². The highest BCUT2D eigenvalue weighted by Crippen LogP contribution is 2.32. The van der Waals surface area contributed by atoms with Crippen LogP contribution in [0.5, 0.6) is 0 Å². The molecule has 0 bridgehead atoms. The van der Waals surface area contributed by atoms with E-state index in [4.69, 9.17) is 5.84 Å². The molecule has 8 heteroatoms. The number of carbonyl (C=O) groups excluding carboxylic acids is 1. The Morgan fingerprint density at radius 1 is 1.48 bits per heavy atom. The zero-order valence-electron chi connectivity index (χ0n) is 12.7. The molecule has 1 fully saturated rings. The molecule has 6 nitrogen and oxygen atoms in total. The van der Waals surface area contributed by atoms with E-state index < -0.39 is 5.82 Å². The van der Waals surface area contributed by atoms with Gasteiger partial charge in [-0.05, 0) is 37.8 Å². The van der Waals surface area contributed by atoms with Crippen LogP contribution in [0, 0.1) is 11.7 Å². The molecule has 1 amide bonds. The number of hydrogen-bond acceptors (Lipinski definition) is 5. The van der Waals surface area contributed by atoms with Gasteiger partial charge in [-0.2, -0.15) is 0 Å². The SMILES string of the molecule is C[C@@H](NC(=O)CSc1nnc(-c2ccccc2F)n1N)C1CC1. The van der Waals surface area contributed by atoms with E-state index in [-0.39, 0.29) is 29.1 Å². The van der Waals surface area contributed by atoms with Crippen LogP contribution in [-0.4, -0.2) is 32.6 Å². The maximum atomic E-state index is 13.8. The van der Waals surface area contributed by atoms with Gasteiger partial charge in [0.25, 0.3) is 0 Å². The fraction of sp³-hybridized carbons (Fsp3) is 0.400. The zero-order chi connectivity index (χ0) is 16.4. The van der Waals surface area contributed by atoms with Gasteiger partial charge in [0.05, 0.1) is 11.3 Å². The van der Waals surface area contributed by atoms with Gasteiger partial charge in [-0.25, -0.2) is 9.07 Å². The first-order chi connectivity index (χ1) is 11.1. The summed E-state index contributed by atoms with van der Waals surface area (Å²) in [4.78, 5) is 11.9. The van der Waals surface area contributed by atoms with Gasteiger partial charge < -0.3 is 11.2 Å². The number of nitrogens with zero attached hydrogens (tertiary/aromatic N) is 3. The van der Waals surface area contributed by atoms with Gasteiger partial charge in [0.1, 0.15) is 5.82 Å². The molecule has 0 spiro atoms. The number of thioether (sulfide) groups is 1. The molecule has 1 aromatic heterocycles. The first-order valence-corrected chi connectivity index (χ1v) is 8.42. The lowest BCUT2D eigenvalue weighted by atomic mass is 10.2. The summed E-state index contributed by atoms with van der Waals surface area (Å²) in [6.07, 6.45) is 2.36. The minimum atomic E-state index is -0.417. The number of amides is 1. The number of carbonyl (C=O) groups is 1. The second-order valence-electron chi connectivity index (χ2n) is 5.64. The molecule has 1 aliphatic carbocycles. The van der Waals surface area contributed by atoms with Crippen molar-refractivity contribution < 1.29 is 9.18 Å². The molecule has 3 rings (SSSR count). The number of aromatic nitrogens is 3. The van der Waals surface area contributed by atoms with Crippen molar-refractivity contribution in [3.8, 4) is 11.4 Å². The van der Waals surface area contributed by atoms with Crippen molar-refractivity contribution >= 4 is 17.7 Å². The number of nitrogens with two attached hydrogens (primary N) is 1. The molecule has 3 N–H and O–H groups in total. The molecule has 0 saturated heterocycles. The zero-order valence-corrected chi connectivity index (χ0v) is 13.5. The number of halogens is 1. The minimum Gasteiger partial charge on any atom is -0.353 e. The highest BCUT2D eigenvalue weighted by molar-refractivity contribution is 7.99. The Labute approximate surface area is 137 Å². The fourth-order valence-corrected chi connectivity index (χ4v) is 3.01. The minimum absolute atomic E-state index is 0.0650. The predicted octanol–water partition coefficient (Wildman–Crippen LogP) is 1.80. The van der Waals surface area contributed by atoms with Crippen LogP contribution in [0.3, 0.4) is 0 Å². The molecular weight excluding hydrogens is 317 g/mol. The molecule has 2 aromatic rings. The highest BCUT2D eigenvalue weighted by Gasteiger charge is 2.28. The van der Waals surface area contributed by atoms with E-state index in [0.29, 0.717) is 11.1 Å². The van der Waals surface area contributed by atoms with E-state index in [0.717, 1.165) is 0 Å². The monoisotopic (exact) mass is 335 g/mol. The quantitative estimate of drug-likeness (QED) is 0.621. The van der Waals surface area contributed by atoms with Crippen LogP contribution < -0.4 is 11.2 Å². The van der Waals surface area contributed by atoms with Gasteiger partial charge >= 0.3 is 0 Å². The Kier molecular flexibility index (Phi) is 4.51. The van der Waals surface area contributed by atoms with Crippen LogP contribution in [0.2, 0.25) is 0 Å². The summed E-state index contributed by atoms with van der Waals surface area (Å²) >= 11 is 1.18. The average molecular weight is 335 g/mol. The Morgan fingerprint density at radius 2 is 2.22 bits per heavy atom. The van der Waals surface area contributed by atoms with E-state index in [1.807, 2.05) is 6.92 Å². The Bertz CT molecular complexity index is 716. The Morgan fingerprint density at radius 3 is 2.91 bits per heavy atom. The van der Waals surface area contributed by atoms with Crippen molar-refractivity contribution in [3.05, 3.63) is 30.1 Å². The van der Waals surface area contributed by atoms with Gasteiger partial charge in [-0.3, -0.25) is 4.79 Å². The molecule has 23 heavy (non-hydrogen) atoms. The highest BCUT2D eigenvalue weighted by atomic mass is 32.2. The first kappa shape index (κ1) is 15.8. The molecule has 1 atom stereocenters. The molecule has 0 unspecified atom stereocenters. The standard InChI is InChI=1S/C15H18FN5OS/c1-9(10-6-7-10)18-13(22)8-23-15-20-19-14(21(15)17)11-4-2-3-5-12(11)16/h2-5,9-10H,6-8,17H2,1H3,(H,18,22)/t9-/m1/s1. The van der Waals surface area contributed by atoms with Crippen LogP contribution in [0.15, 0.2) is 29.4 Å². The maximum absolute atomic E-state index is 13.8. The van der Waals surface area contributed by atoms with Crippen molar-refractivity contribution in [1.29, 1.82) is 0 Å².